The van der Waals surface area contributed by atoms with Crippen molar-refractivity contribution in [2.75, 3.05) is 18.1 Å². The first-order valence-electron chi connectivity index (χ1n) is 5.12. The average molecular weight is 277 g/mol. The normalized spacial score (nSPS) is 10.1. The van der Waals surface area contributed by atoms with Crippen LogP contribution in [0, 0.1) is 6.92 Å². The van der Waals surface area contributed by atoms with E-state index < -0.39 is 11.3 Å². The number of halogens is 1. The van der Waals surface area contributed by atoms with Gasteiger partial charge in [-0.15, -0.1) is 0 Å². The van der Waals surface area contributed by atoms with E-state index >= 15 is 0 Å². The molecule has 0 radical (unpaired) electrons. The second kappa shape index (κ2) is 5.97. The maximum Gasteiger partial charge on any atom is 0.350 e. The monoisotopic (exact) mass is 276 g/mol. The quantitative estimate of drug-likeness (QED) is 0.482. The molecule has 0 bridgehead atoms. The predicted octanol–water partition coefficient (Wildman–Crippen LogP) is 2.81. The molecule has 1 aromatic heterocycles. The third-order valence-corrected chi connectivity index (χ3v) is 3.37. The average Bonchev–Trinajstić information content (AvgIpc) is 2.61. The molecule has 94 valence electrons. The number of carbonyl (C=O) groups is 2. The molecule has 0 atom stereocenters. The summed E-state index contributed by atoms with van der Waals surface area (Å²) in [4.78, 5) is 28.5. The summed E-state index contributed by atoms with van der Waals surface area (Å²) in [6, 6.07) is 0. The van der Waals surface area contributed by atoms with Crippen molar-refractivity contribution in [1.29, 1.82) is 0 Å². The molecule has 0 saturated heterocycles. The highest BCUT2D eigenvalue weighted by atomic mass is 35.5. The van der Waals surface area contributed by atoms with E-state index in [-0.39, 0.29) is 0 Å². The lowest BCUT2D eigenvalue weighted by Crippen LogP contribution is -2.24. The number of amides is 1. The Bertz CT molecular complexity index is 433. The van der Waals surface area contributed by atoms with Crippen molar-refractivity contribution in [2.24, 2.45) is 0 Å². The predicted molar refractivity (Wildman–Crippen MR) is 67.1 cm³/mol. The Hall–Kier alpha value is -1.14. The molecule has 0 saturated carbocycles. The summed E-state index contributed by atoms with van der Waals surface area (Å²) in [5, 5.41) is -0.204. The standard InChI is InChI=1S/C10H13ClN2O3S/c1-4-13(9(11)15)10-12-6(3)7(17-10)8(14)16-5-2/h4-5H2,1-3H3. The Kier molecular flexibility index (Phi) is 4.89. The molecule has 0 aliphatic carbocycles. The Labute approximate surface area is 108 Å². The minimum atomic E-state index is -0.614. The second-order valence-electron chi connectivity index (χ2n) is 3.13. The number of aryl methyl sites for hydroxylation is 1. The summed E-state index contributed by atoms with van der Waals surface area (Å²) in [6.07, 6.45) is 0. The summed E-state index contributed by atoms with van der Waals surface area (Å²) < 4.78 is 4.89. The second-order valence-corrected chi connectivity index (χ2v) is 4.43. The van der Waals surface area contributed by atoms with Crippen LogP contribution in [0.1, 0.15) is 29.2 Å². The summed E-state index contributed by atoms with van der Waals surface area (Å²) in [6.45, 7) is 5.91. The minimum absolute atomic E-state index is 0.303. The zero-order chi connectivity index (χ0) is 13.0. The number of rotatable bonds is 4. The van der Waals surface area contributed by atoms with Gasteiger partial charge in [0.1, 0.15) is 4.88 Å². The molecule has 0 aliphatic rings. The smallest absolute Gasteiger partial charge is 0.350 e. The van der Waals surface area contributed by atoms with Crippen LogP contribution in [0.5, 0.6) is 0 Å². The van der Waals surface area contributed by atoms with Crippen LogP contribution in [0.15, 0.2) is 0 Å². The third-order valence-electron chi connectivity index (χ3n) is 2.01. The van der Waals surface area contributed by atoms with Gasteiger partial charge in [0, 0.05) is 6.54 Å². The lowest BCUT2D eigenvalue weighted by Gasteiger charge is -2.12. The summed E-state index contributed by atoms with van der Waals surface area (Å²) in [5.74, 6) is -0.424. The lowest BCUT2D eigenvalue weighted by molar-refractivity contribution is 0.0531. The van der Waals surface area contributed by atoms with Crippen LogP contribution in [0.25, 0.3) is 0 Å². The Morgan fingerprint density at radius 2 is 2.12 bits per heavy atom. The molecular formula is C10H13ClN2O3S. The van der Waals surface area contributed by atoms with Gasteiger partial charge >= 0.3 is 11.3 Å². The number of anilines is 1. The van der Waals surface area contributed by atoms with E-state index in [0.717, 1.165) is 11.3 Å². The molecule has 0 fully saturated rings. The molecule has 1 amide bonds. The highest BCUT2D eigenvalue weighted by Crippen LogP contribution is 2.27. The van der Waals surface area contributed by atoms with E-state index in [1.54, 1.807) is 20.8 Å². The van der Waals surface area contributed by atoms with Crippen molar-refractivity contribution in [2.45, 2.75) is 20.8 Å². The maximum atomic E-state index is 11.6. The van der Waals surface area contributed by atoms with Gasteiger partial charge in [0.05, 0.1) is 12.3 Å². The van der Waals surface area contributed by atoms with Crippen LogP contribution in [0.4, 0.5) is 9.93 Å². The number of hydrogen-bond acceptors (Lipinski definition) is 5. The largest absolute Gasteiger partial charge is 0.462 e. The number of ether oxygens (including phenoxy) is 1. The Morgan fingerprint density at radius 1 is 1.47 bits per heavy atom. The Morgan fingerprint density at radius 3 is 2.59 bits per heavy atom. The highest BCUT2D eigenvalue weighted by molar-refractivity contribution is 7.17. The van der Waals surface area contributed by atoms with E-state index in [0.29, 0.717) is 28.9 Å². The summed E-state index contributed by atoms with van der Waals surface area (Å²) >= 11 is 6.52. The zero-order valence-corrected chi connectivity index (χ0v) is 11.4. The molecule has 0 aromatic carbocycles. The van der Waals surface area contributed by atoms with Crippen LogP contribution in [0.3, 0.4) is 0 Å². The molecular weight excluding hydrogens is 264 g/mol. The molecule has 1 rings (SSSR count). The summed E-state index contributed by atoms with van der Waals surface area (Å²) in [7, 11) is 0. The van der Waals surface area contributed by atoms with Crippen molar-refractivity contribution in [3.8, 4) is 0 Å². The number of nitrogens with zero attached hydrogens (tertiary/aromatic N) is 2. The van der Waals surface area contributed by atoms with Gasteiger partial charge < -0.3 is 4.74 Å². The van der Waals surface area contributed by atoms with Gasteiger partial charge in [-0.1, -0.05) is 11.3 Å². The van der Waals surface area contributed by atoms with Crippen molar-refractivity contribution in [1.82, 2.24) is 4.98 Å². The van der Waals surface area contributed by atoms with E-state index in [9.17, 15) is 9.59 Å². The first-order chi connectivity index (χ1) is 8.01. The first kappa shape index (κ1) is 13.9. The van der Waals surface area contributed by atoms with E-state index in [2.05, 4.69) is 4.98 Å². The Balaban J connectivity index is 3.02. The fourth-order valence-electron chi connectivity index (χ4n) is 1.22. The van der Waals surface area contributed by atoms with Crippen LogP contribution in [-0.2, 0) is 4.74 Å². The van der Waals surface area contributed by atoms with Gasteiger partial charge in [-0.05, 0) is 32.4 Å². The lowest BCUT2D eigenvalue weighted by atomic mass is 10.4. The molecule has 7 heteroatoms. The molecule has 0 unspecified atom stereocenters. The van der Waals surface area contributed by atoms with Crippen LogP contribution < -0.4 is 4.90 Å². The van der Waals surface area contributed by atoms with Gasteiger partial charge in [-0.2, -0.15) is 0 Å². The zero-order valence-electron chi connectivity index (χ0n) is 9.82. The van der Waals surface area contributed by atoms with Crippen LogP contribution in [-0.4, -0.2) is 29.5 Å². The molecule has 0 aliphatic heterocycles. The van der Waals surface area contributed by atoms with Crippen molar-refractivity contribution < 1.29 is 14.3 Å². The topological polar surface area (TPSA) is 59.5 Å². The van der Waals surface area contributed by atoms with Gasteiger partial charge in [-0.3, -0.25) is 9.69 Å². The molecule has 17 heavy (non-hydrogen) atoms. The highest BCUT2D eigenvalue weighted by Gasteiger charge is 2.21. The minimum Gasteiger partial charge on any atom is -0.462 e. The maximum absolute atomic E-state index is 11.6. The van der Waals surface area contributed by atoms with E-state index in [1.807, 2.05) is 0 Å². The molecule has 5 nitrogen and oxygen atoms in total. The van der Waals surface area contributed by atoms with E-state index in [4.69, 9.17) is 16.3 Å². The van der Waals surface area contributed by atoms with Crippen LogP contribution >= 0.6 is 22.9 Å². The van der Waals surface area contributed by atoms with Gasteiger partial charge in [0.25, 0.3) is 0 Å². The molecule has 0 N–H and O–H groups in total. The van der Waals surface area contributed by atoms with E-state index in [1.165, 1.54) is 4.90 Å². The fraction of sp³-hybridized carbons (Fsp3) is 0.500. The fourth-order valence-corrected chi connectivity index (χ4v) is 2.49. The summed E-state index contributed by atoms with van der Waals surface area (Å²) in [5.41, 5.74) is 0.541. The van der Waals surface area contributed by atoms with Crippen LogP contribution in [0.2, 0.25) is 0 Å². The third kappa shape index (κ3) is 3.17. The van der Waals surface area contributed by atoms with Gasteiger partial charge in [-0.25, -0.2) is 9.78 Å². The van der Waals surface area contributed by atoms with Gasteiger partial charge in [0.15, 0.2) is 5.13 Å². The van der Waals surface area contributed by atoms with Gasteiger partial charge in [0.2, 0.25) is 0 Å². The number of aromatic nitrogens is 1. The number of esters is 1. The molecule has 1 heterocycles. The number of hydrogen-bond donors (Lipinski definition) is 0. The van der Waals surface area contributed by atoms with Crippen molar-refractivity contribution in [3.63, 3.8) is 0 Å². The number of carbonyl (C=O) groups excluding carboxylic acids is 2. The van der Waals surface area contributed by atoms with Crippen molar-refractivity contribution in [3.05, 3.63) is 10.6 Å². The molecule has 0 spiro atoms. The SMILES string of the molecule is CCOC(=O)c1sc(N(CC)C(=O)Cl)nc1C. The number of thiazole rings is 1. The van der Waals surface area contributed by atoms with Crippen molar-refractivity contribution >= 4 is 39.4 Å². The first-order valence-corrected chi connectivity index (χ1v) is 6.32. The molecule has 1 aromatic rings.